The van der Waals surface area contributed by atoms with Crippen molar-refractivity contribution in [2.24, 2.45) is 0 Å². The van der Waals surface area contributed by atoms with E-state index < -0.39 is 30.5 Å². The van der Waals surface area contributed by atoms with E-state index in [1.165, 1.54) is 6.07 Å². The lowest BCUT2D eigenvalue weighted by molar-refractivity contribution is -0.274. The van der Waals surface area contributed by atoms with Crippen molar-refractivity contribution in [1.29, 1.82) is 0 Å². The Morgan fingerprint density at radius 3 is 2.36 bits per heavy atom. The van der Waals surface area contributed by atoms with Crippen LogP contribution in [0.1, 0.15) is 39.1 Å². The summed E-state index contributed by atoms with van der Waals surface area (Å²) in [6.45, 7) is 1.16. The fraction of sp³-hybridized carbons (Fsp3) is 0.211. The van der Waals surface area contributed by atoms with Gasteiger partial charge in [-0.2, -0.15) is 0 Å². The molecule has 0 spiro atoms. The average Bonchev–Trinajstić information content (AvgIpc) is 2.92. The normalized spacial score (nSPS) is 15.6. The Labute approximate surface area is 157 Å². The smallest absolute Gasteiger partial charge is 0.454 e. The van der Waals surface area contributed by atoms with Crippen molar-refractivity contribution in [1.82, 2.24) is 0 Å². The number of hydrogen-bond donors (Lipinski definition) is 1. The van der Waals surface area contributed by atoms with Gasteiger partial charge in [0, 0.05) is 11.3 Å². The highest BCUT2D eigenvalue weighted by molar-refractivity contribution is 6.05. The van der Waals surface area contributed by atoms with Crippen LogP contribution < -0.4 is 10.1 Å². The van der Waals surface area contributed by atoms with Crippen molar-refractivity contribution < 1.29 is 37.0 Å². The monoisotopic (exact) mass is 393 g/mol. The molecule has 1 N–H and O–H groups in total. The van der Waals surface area contributed by atoms with E-state index >= 15 is 0 Å². The first-order chi connectivity index (χ1) is 13.1. The Bertz CT molecular complexity index is 938. The van der Waals surface area contributed by atoms with Gasteiger partial charge in [0.2, 0.25) is 5.91 Å². The molecule has 0 aliphatic carbocycles. The summed E-state index contributed by atoms with van der Waals surface area (Å²) < 4.78 is 45.0. The van der Waals surface area contributed by atoms with E-state index in [1.807, 2.05) is 0 Å². The number of anilines is 1. The molecule has 1 aliphatic heterocycles. The van der Waals surface area contributed by atoms with Gasteiger partial charge < -0.3 is 14.8 Å². The molecule has 0 radical (unpaired) electrons. The molecule has 3 rings (SSSR count). The molecule has 1 amide bonds. The summed E-state index contributed by atoms with van der Waals surface area (Å²) in [7, 11) is 0. The van der Waals surface area contributed by atoms with Crippen LogP contribution in [0.5, 0.6) is 5.75 Å². The first kappa shape index (κ1) is 19.4. The summed E-state index contributed by atoms with van der Waals surface area (Å²) in [5, 5.41) is 2.69. The van der Waals surface area contributed by atoms with E-state index in [0.717, 1.165) is 24.3 Å². The number of Topliss-reactive ketones (excluding diaryl/α,β-unsaturated/α-hetero) is 1. The maximum Gasteiger partial charge on any atom is 0.573 e. The highest BCUT2D eigenvalue weighted by Crippen LogP contribution is 2.32. The number of hydrogen-bond acceptors (Lipinski definition) is 5. The van der Waals surface area contributed by atoms with E-state index in [9.17, 15) is 27.6 Å². The second-order valence-corrected chi connectivity index (χ2v) is 6.08. The molecule has 0 saturated carbocycles. The zero-order chi connectivity index (χ0) is 20.5. The molecule has 0 bridgehead atoms. The van der Waals surface area contributed by atoms with Crippen LogP contribution in [-0.4, -0.2) is 30.6 Å². The zero-order valence-corrected chi connectivity index (χ0v) is 14.5. The van der Waals surface area contributed by atoms with Gasteiger partial charge in [0.25, 0.3) is 0 Å². The summed E-state index contributed by atoms with van der Waals surface area (Å²) in [6.07, 6.45) is -4.83. The van der Waals surface area contributed by atoms with E-state index in [2.05, 4.69) is 10.1 Å². The van der Waals surface area contributed by atoms with Crippen LogP contribution in [0.15, 0.2) is 42.5 Å². The number of alkyl halides is 3. The van der Waals surface area contributed by atoms with Crippen molar-refractivity contribution in [2.75, 3.05) is 11.9 Å². The van der Waals surface area contributed by atoms with Crippen molar-refractivity contribution >= 4 is 23.3 Å². The minimum absolute atomic E-state index is 0.0281. The van der Waals surface area contributed by atoms with E-state index in [1.54, 1.807) is 19.1 Å². The predicted molar refractivity (Wildman–Crippen MR) is 91.2 cm³/mol. The van der Waals surface area contributed by atoms with Crippen LogP contribution in [0.4, 0.5) is 18.9 Å². The summed E-state index contributed by atoms with van der Waals surface area (Å²) in [5.41, 5.74) is 1.57. The van der Waals surface area contributed by atoms with Crippen molar-refractivity contribution in [2.45, 2.75) is 19.2 Å². The Morgan fingerprint density at radius 1 is 1.07 bits per heavy atom. The predicted octanol–water partition coefficient (Wildman–Crippen LogP) is 3.68. The van der Waals surface area contributed by atoms with Gasteiger partial charge in [-0.3, -0.25) is 9.59 Å². The third-order valence-corrected chi connectivity index (χ3v) is 4.15. The lowest BCUT2D eigenvalue weighted by Gasteiger charge is -2.09. The van der Waals surface area contributed by atoms with Crippen LogP contribution in [0.2, 0.25) is 0 Å². The molecule has 146 valence electrons. The van der Waals surface area contributed by atoms with Gasteiger partial charge in [0.15, 0.2) is 12.4 Å². The largest absolute Gasteiger partial charge is 0.573 e. The second-order valence-electron chi connectivity index (χ2n) is 6.08. The molecule has 2 aromatic carbocycles. The fourth-order valence-electron chi connectivity index (χ4n) is 2.68. The topological polar surface area (TPSA) is 81.7 Å². The lowest BCUT2D eigenvalue weighted by atomic mass is 9.99. The Balaban J connectivity index is 1.60. The van der Waals surface area contributed by atoms with Crippen molar-refractivity contribution in [3.63, 3.8) is 0 Å². The minimum Gasteiger partial charge on any atom is -0.454 e. The van der Waals surface area contributed by atoms with E-state index in [-0.39, 0.29) is 23.0 Å². The molecule has 28 heavy (non-hydrogen) atoms. The molecule has 9 heteroatoms. The molecular weight excluding hydrogens is 379 g/mol. The quantitative estimate of drug-likeness (QED) is 0.619. The summed E-state index contributed by atoms with van der Waals surface area (Å²) in [5.74, 6) is -2.36. The molecule has 1 atom stereocenters. The van der Waals surface area contributed by atoms with Gasteiger partial charge in [0.1, 0.15) is 5.75 Å². The number of rotatable bonds is 5. The Kier molecular flexibility index (Phi) is 5.08. The molecule has 2 aromatic rings. The first-order valence-electron chi connectivity index (χ1n) is 8.15. The number of nitrogens with one attached hydrogen (secondary N) is 1. The van der Waals surface area contributed by atoms with Gasteiger partial charge in [0.05, 0.1) is 11.5 Å². The summed E-state index contributed by atoms with van der Waals surface area (Å²) in [6, 6.07) is 8.82. The van der Waals surface area contributed by atoms with Gasteiger partial charge in [-0.05, 0) is 55.0 Å². The lowest BCUT2D eigenvalue weighted by Crippen LogP contribution is -2.17. The number of halogens is 3. The Morgan fingerprint density at radius 2 is 1.71 bits per heavy atom. The highest BCUT2D eigenvalue weighted by atomic mass is 19.4. The van der Waals surface area contributed by atoms with Crippen molar-refractivity contribution in [3.05, 3.63) is 59.2 Å². The number of ether oxygens (including phenoxy) is 2. The van der Waals surface area contributed by atoms with E-state index in [0.29, 0.717) is 11.3 Å². The summed E-state index contributed by atoms with van der Waals surface area (Å²) >= 11 is 0. The maximum absolute atomic E-state index is 12.3. The number of ketones is 1. The molecule has 0 aromatic heterocycles. The fourth-order valence-corrected chi connectivity index (χ4v) is 2.68. The standard InChI is InChI=1S/C19H14F3NO5/c1-10-14-8-12(4-7-15(14)23-17(10)25)16(24)9-27-18(26)11-2-5-13(6-3-11)28-19(20,21)22/h2-8,10H,9H2,1H3,(H,23,25)/t10-/m0/s1. The summed E-state index contributed by atoms with van der Waals surface area (Å²) in [4.78, 5) is 35.9. The number of fused-ring (bicyclic) bond motifs is 1. The molecule has 1 heterocycles. The Hall–Kier alpha value is -3.36. The molecule has 0 unspecified atom stereocenters. The van der Waals surface area contributed by atoms with Gasteiger partial charge in [-0.15, -0.1) is 13.2 Å². The molecular formula is C19H14F3NO5. The first-order valence-corrected chi connectivity index (χ1v) is 8.15. The highest BCUT2D eigenvalue weighted by Gasteiger charge is 2.31. The van der Waals surface area contributed by atoms with Crippen LogP contribution in [0, 0.1) is 0 Å². The zero-order valence-electron chi connectivity index (χ0n) is 14.5. The average molecular weight is 393 g/mol. The molecule has 1 aliphatic rings. The van der Waals surface area contributed by atoms with Crippen molar-refractivity contribution in [3.8, 4) is 5.75 Å². The van der Waals surface area contributed by atoms with Crippen LogP contribution in [0.3, 0.4) is 0 Å². The molecule has 0 fully saturated rings. The molecule has 6 nitrogen and oxygen atoms in total. The third kappa shape index (κ3) is 4.30. The van der Waals surface area contributed by atoms with E-state index in [4.69, 9.17) is 4.74 Å². The number of benzene rings is 2. The van der Waals surface area contributed by atoms with Crippen LogP contribution in [0.25, 0.3) is 0 Å². The minimum atomic E-state index is -4.83. The van der Waals surface area contributed by atoms with Crippen LogP contribution in [-0.2, 0) is 9.53 Å². The SMILES string of the molecule is C[C@@H]1C(=O)Nc2ccc(C(=O)COC(=O)c3ccc(OC(F)(F)F)cc3)cc21. The third-order valence-electron chi connectivity index (χ3n) is 4.15. The van der Waals surface area contributed by atoms with Crippen LogP contribution >= 0.6 is 0 Å². The maximum atomic E-state index is 12.3. The number of esters is 1. The van der Waals surface area contributed by atoms with Gasteiger partial charge >= 0.3 is 12.3 Å². The van der Waals surface area contributed by atoms with Gasteiger partial charge in [-0.1, -0.05) is 0 Å². The number of carbonyl (C=O) groups is 3. The second kappa shape index (κ2) is 7.34. The molecule has 0 saturated heterocycles. The van der Waals surface area contributed by atoms with Gasteiger partial charge in [-0.25, -0.2) is 4.79 Å². The number of amides is 1. The number of carbonyl (C=O) groups excluding carboxylic acids is 3.